The van der Waals surface area contributed by atoms with Crippen molar-refractivity contribution >= 4 is 11.9 Å². The molecule has 2 aliphatic heterocycles. The Labute approximate surface area is 204 Å². The first-order chi connectivity index (χ1) is 16.8. The van der Waals surface area contributed by atoms with Crippen LogP contribution in [0.2, 0.25) is 0 Å². The van der Waals surface area contributed by atoms with Crippen LogP contribution in [0, 0.1) is 23.6 Å². The van der Waals surface area contributed by atoms with Gasteiger partial charge in [-0.25, -0.2) is 14.4 Å². The lowest BCUT2D eigenvalue weighted by atomic mass is 9.90. The van der Waals surface area contributed by atoms with Crippen LogP contribution >= 0.6 is 0 Å². The second-order valence-corrected chi connectivity index (χ2v) is 10.5. The third-order valence-electron chi connectivity index (χ3n) is 7.57. The second-order valence-electron chi connectivity index (χ2n) is 10.5. The number of rotatable bonds is 8. The Morgan fingerprint density at radius 2 is 1.94 bits per heavy atom. The predicted octanol–water partition coefficient (Wildman–Crippen LogP) is 2.78. The molecule has 2 atom stereocenters. The molecule has 1 aliphatic carbocycles. The number of benzene rings is 1. The summed E-state index contributed by atoms with van der Waals surface area (Å²) in [7, 11) is 0. The van der Waals surface area contributed by atoms with E-state index >= 15 is 0 Å². The topological polar surface area (TPSA) is 99.0 Å². The average molecular weight is 485 g/mol. The number of carbonyl (C=O) groups excluding carboxylic acids is 1. The number of aliphatic hydroxyl groups is 1. The molecule has 3 aliphatic rings. The number of ether oxygens (including phenoxy) is 1. The third kappa shape index (κ3) is 5.66. The fourth-order valence-electron chi connectivity index (χ4n) is 5.50. The van der Waals surface area contributed by atoms with E-state index < -0.39 is 11.4 Å². The van der Waals surface area contributed by atoms with Gasteiger partial charge in [0.15, 0.2) is 5.75 Å². The Bertz CT molecular complexity index is 1050. The summed E-state index contributed by atoms with van der Waals surface area (Å²) in [5.74, 6) is 2.74. The maximum atomic E-state index is 14.5. The van der Waals surface area contributed by atoms with E-state index in [-0.39, 0.29) is 18.1 Å². The van der Waals surface area contributed by atoms with Crippen molar-refractivity contribution in [2.75, 3.05) is 37.7 Å². The molecule has 2 N–H and O–H groups in total. The molecular weight excluding hydrogens is 451 g/mol. The van der Waals surface area contributed by atoms with Gasteiger partial charge in [-0.1, -0.05) is 6.07 Å². The maximum absolute atomic E-state index is 14.5. The fraction of sp³-hybridized carbons (Fsp3) is 0.577. The smallest absolute Gasteiger partial charge is 0.227 e. The molecule has 0 unspecified atom stereocenters. The number of halogens is 1. The van der Waals surface area contributed by atoms with Gasteiger partial charge in [0.05, 0.1) is 44.1 Å². The molecule has 1 saturated carbocycles. The molecule has 5 rings (SSSR count). The van der Waals surface area contributed by atoms with E-state index in [1.54, 1.807) is 24.0 Å². The number of anilines is 1. The van der Waals surface area contributed by atoms with Crippen LogP contribution in [0.4, 0.5) is 10.3 Å². The van der Waals surface area contributed by atoms with Crippen LogP contribution in [0.25, 0.3) is 0 Å². The van der Waals surface area contributed by atoms with Crippen molar-refractivity contribution in [3.63, 3.8) is 0 Å². The van der Waals surface area contributed by atoms with Crippen molar-refractivity contribution in [3.8, 4) is 11.5 Å². The minimum Gasteiger partial charge on any atom is -0.505 e. The van der Waals surface area contributed by atoms with Crippen LogP contribution < -0.4 is 9.64 Å². The summed E-state index contributed by atoms with van der Waals surface area (Å²) < 4.78 is 20.3. The maximum Gasteiger partial charge on any atom is 0.227 e. The highest BCUT2D eigenvalue weighted by Gasteiger charge is 2.43. The number of aromatic nitrogens is 2. The van der Waals surface area contributed by atoms with E-state index in [0.717, 1.165) is 38.3 Å². The van der Waals surface area contributed by atoms with Gasteiger partial charge >= 0.3 is 0 Å². The minimum absolute atomic E-state index is 0.0103. The summed E-state index contributed by atoms with van der Waals surface area (Å²) >= 11 is 0. The Hall–Kier alpha value is -2.94. The first-order valence-corrected chi connectivity index (χ1v) is 12.4. The number of amides is 1. The lowest BCUT2D eigenvalue weighted by Gasteiger charge is -2.44. The number of hydrogen-bond donors (Lipinski definition) is 2. The summed E-state index contributed by atoms with van der Waals surface area (Å²) in [6.45, 7) is 4.69. The van der Waals surface area contributed by atoms with Gasteiger partial charge in [0.25, 0.3) is 0 Å². The van der Waals surface area contributed by atoms with Crippen LogP contribution in [-0.4, -0.2) is 69.4 Å². The predicted molar refractivity (Wildman–Crippen MR) is 128 cm³/mol. The molecular formula is C26H33FN4O4. The van der Waals surface area contributed by atoms with Gasteiger partial charge in [0.1, 0.15) is 11.6 Å². The zero-order valence-corrected chi connectivity index (χ0v) is 20.1. The Morgan fingerprint density at radius 3 is 2.60 bits per heavy atom. The number of nitrogens with zero attached hydrogens (tertiary/aromatic N) is 4. The van der Waals surface area contributed by atoms with Gasteiger partial charge in [0.2, 0.25) is 11.9 Å². The summed E-state index contributed by atoms with van der Waals surface area (Å²) in [5, 5.41) is 19.1. The van der Waals surface area contributed by atoms with E-state index in [1.807, 2.05) is 0 Å². The molecule has 35 heavy (non-hydrogen) atoms. The summed E-state index contributed by atoms with van der Waals surface area (Å²) in [6, 6.07) is 4.70. The number of piperidine rings is 1. The summed E-state index contributed by atoms with van der Waals surface area (Å²) in [4.78, 5) is 24.4. The SMILES string of the molecule is CC1(O)CN(C(=O)Cc2ccc(OCC[C@@H]3C[C@@H]3C3CCN(c4ncc(O)cn4)CC3)cc2F)C1. The van der Waals surface area contributed by atoms with Crippen molar-refractivity contribution in [3.05, 3.63) is 42.0 Å². The zero-order valence-electron chi connectivity index (χ0n) is 20.1. The third-order valence-corrected chi connectivity index (χ3v) is 7.57. The highest BCUT2D eigenvalue weighted by Crippen LogP contribution is 2.49. The van der Waals surface area contributed by atoms with Gasteiger partial charge in [-0.2, -0.15) is 0 Å². The Balaban J connectivity index is 1.02. The van der Waals surface area contributed by atoms with E-state index in [0.29, 0.717) is 48.8 Å². The van der Waals surface area contributed by atoms with Crippen molar-refractivity contribution in [1.82, 2.24) is 14.9 Å². The highest BCUT2D eigenvalue weighted by atomic mass is 19.1. The van der Waals surface area contributed by atoms with Gasteiger partial charge in [0, 0.05) is 19.2 Å². The molecule has 2 saturated heterocycles. The van der Waals surface area contributed by atoms with E-state index in [1.165, 1.54) is 24.9 Å². The molecule has 188 valence electrons. The first kappa shape index (κ1) is 23.8. The molecule has 0 radical (unpaired) electrons. The van der Waals surface area contributed by atoms with Gasteiger partial charge in [-0.3, -0.25) is 4.79 Å². The normalized spacial score (nSPS) is 23.6. The molecule has 1 amide bonds. The van der Waals surface area contributed by atoms with Crippen LogP contribution in [0.1, 0.15) is 38.2 Å². The van der Waals surface area contributed by atoms with Crippen LogP contribution in [-0.2, 0) is 11.2 Å². The second kappa shape index (κ2) is 9.60. The molecule has 0 spiro atoms. The molecule has 3 heterocycles. The van der Waals surface area contributed by atoms with Crippen LogP contribution in [0.3, 0.4) is 0 Å². The Kier molecular flexibility index (Phi) is 6.53. The zero-order chi connectivity index (χ0) is 24.6. The van der Waals surface area contributed by atoms with Crippen molar-refractivity contribution in [2.24, 2.45) is 17.8 Å². The summed E-state index contributed by atoms with van der Waals surface area (Å²) in [6.07, 6.45) is 7.28. The first-order valence-electron chi connectivity index (χ1n) is 12.4. The number of likely N-dealkylation sites (tertiary alicyclic amines) is 1. The molecule has 0 bridgehead atoms. The van der Waals surface area contributed by atoms with E-state index in [4.69, 9.17) is 4.74 Å². The molecule has 2 aromatic rings. The van der Waals surface area contributed by atoms with Gasteiger partial charge in [-0.15, -0.1) is 0 Å². The van der Waals surface area contributed by atoms with Crippen molar-refractivity contribution < 1.29 is 24.1 Å². The summed E-state index contributed by atoms with van der Waals surface area (Å²) in [5.41, 5.74) is -0.479. The number of β-amino-alcohol motifs (C(OH)–C–C–N with tert-alkyl or cyclic N) is 1. The van der Waals surface area contributed by atoms with Crippen molar-refractivity contribution in [1.29, 1.82) is 0 Å². The largest absolute Gasteiger partial charge is 0.505 e. The lowest BCUT2D eigenvalue weighted by molar-refractivity contribution is -0.151. The lowest BCUT2D eigenvalue weighted by Crippen LogP contribution is -2.62. The monoisotopic (exact) mass is 484 g/mol. The minimum atomic E-state index is -0.827. The quantitative estimate of drug-likeness (QED) is 0.594. The van der Waals surface area contributed by atoms with Gasteiger partial charge in [-0.05, 0) is 62.0 Å². The molecule has 8 nitrogen and oxygen atoms in total. The van der Waals surface area contributed by atoms with Crippen LogP contribution in [0.5, 0.6) is 11.5 Å². The number of aromatic hydroxyl groups is 1. The van der Waals surface area contributed by atoms with Gasteiger partial charge < -0.3 is 24.7 Å². The van der Waals surface area contributed by atoms with Crippen molar-refractivity contribution in [2.45, 2.75) is 44.6 Å². The van der Waals surface area contributed by atoms with E-state index in [9.17, 15) is 19.4 Å². The number of carbonyl (C=O) groups is 1. The standard InChI is InChI=1S/C26H33FN4O4/c1-26(34)15-31(16-26)24(33)11-19-2-3-21(12-23(19)27)35-9-6-18-10-22(18)17-4-7-30(8-5-17)25-28-13-20(32)14-29-25/h2-3,12-14,17-18,22,32,34H,4-11,15-16H2,1H3/t18-,22-/m1/s1. The molecule has 9 heteroatoms. The van der Waals surface area contributed by atoms with Crippen LogP contribution in [0.15, 0.2) is 30.6 Å². The molecule has 1 aromatic heterocycles. The molecule has 3 fully saturated rings. The fourth-order valence-corrected chi connectivity index (χ4v) is 5.50. The van der Waals surface area contributed by atoms with E-state index in [2.05, 4.69) is 14.9 Å². The molecule has 1 aromatic carbocycles. The highest BCUT2D eigenvalue weighted by molar-refractivity contribution is 5.80. The average Bonchev–Trinajstić information content (AvgIpc) is 3.59. The number of hydrogen-bond acceptors (Lipinski definition) is 7. The Morgan fingerprint density at radius 1 is 1.23 bits per heavy atom.